The predicted molar refractivity (Wildman–Crippen MR) is 85.9 cm³/mol. The topological polar surface area (TPSA) is 56.2 Å². The number of aryl methyl sites for hydroxylation is 1. The molecule has 0 bridgehead atoms. The minimum absolute atomic E-state index is 0.185. The Morgan fingerprint density at radius 1 is 1.50 bits per heavy atom. The molecule has 1 saturated carbocycles. The van der Waals surface area contributed by atoms with Crippen LogP contribution in [0.25, 0.3) is 10.9 Å². The Labute approximate surface area is 134 Å². The minimum atomic E-state index is -0.185. The number of halogens is 1. The first-order chi connectivity index (χ1) is 10.7. The molecule has 0 aliphatic heterocycles. The van der Waals surface area contributed by atoms with Gasteiger partial charge in [-0.3, -0.25) is 9.48 Å². The van der Waals surface area contributed by atoms with Crippen LogP contribution in [0.15, 0.2) is 18.2 Å². The lowest BCUT2D eigenvalue weighted by Crippen LogP contribution is -2.16. The molecule has 1 heterocycles. The van der Waals surface area contributed by atoms with E-state index in [9.17, 15) is 4.79 Å². The number of ether oxygens (including phenoxy) is 1. The first kappa shape index (κ1) is 15.3. The van der Waals surface area contributed by atoms with Crippen LogP contribution in [-0.4, -0.2) is 28.9 Å². The second-order valence-electron chi connectivity index (χ2n) is 5.67. The largest absolute Gasteiger partial charge is 0.469 e. The highest BCUT2D eigenvalue weighted by atomic mass is 35.5. The zero-order valence-electron chi connectivity index (χ0n) is 12.6. The van der Waals surface area contributed by atoms with Gasteiger partial charge in [-0.25, -0.2) is 0 Å². The van der Waals surface area contributed by atoms with Gasteiger partial charge in [0.2, 0.25) is 0 Å². The standard InChI is InChI=1S/C16H20ClN3O2/c1-22-16(21)3-2-8-20-15-7-4-11(17)9-13(15)14(19-20)10-18-12-5-6-12/h4,7,9,12,18H,2-3,5-6,8,10H2,1H3. The normalized spacial score (nSPS) is 14.5. The molecule has 5 nitrogen and oxygen atoms in total. The Morgan fingerprint density at radius 2 is 2.32 bits per heavy atom. The highest BCUT2D eigenvalue weighted by molar-refractivity contribution is 6.31. The molecule has 1 aliphatic rings. The summed E-state index contributed by atoms with van der Waals surface area (Å²) >= 11 is 6.12. The van der Waals surface area contributed by atoms with Crippen LogP contribution in [-0.2, 0) is 22.6 Å². The summed E-state index contributed by atoms with van der Waals surface area (Å²) in [7, 11) is 1.41. The molecule has 2 aromatic rings. The maximum absolute atomic E-state index is 11.2. The van der Waals surface area contributed by atoms with Gasteiger partial charge in [0.25, 0.3) is 0 Å². The van der Waals surface area contributed by atoms with Crippen LogP contribution in [0, 0.1) is 0 Å². The van der Waals surface area contributed by atoms with E-state index >= 15 is 0 Å². The molecule has 0 saturated heterocycles. The molecule has 118 valence electrons. The van der Waals surface area contributed by atoms with Gasteiger partial charge in [-0.05, 0) is 37.5 Å². The highest BCUT2D eigenvalue weighted by Gasteiger charge is 2.21. The van der Waals surface area contributed by atoms with Crippen molar-refractivity contribution in [1.29, 1.82) is 0 Å². The molecule has 1 aliphatic carbocycles. The number of nitrogens with zero attached hydrogens (tertiary/aromatic N) is 2. The first-order valence-electron chi connectivity index (χ1n) is 7.62. The van der Waals surface area contributed by atoms with Crippen molar-refractivity contribution < 1.29 is 9.53 Å². The molecule has 0 spiro atoms. The lowest BCUT2D eigenvalue weighted by Gasteiger charge is -2.03. The Kier molecular flexibility index (Phi) is 4.64. The molecule has 0 atom stereocenters. The molecular formula is C16H20ClN3O2. The van der Waals surface area contributed by atoms with E-state index in [1.54, 1.807) is 0 Å². The van der Waals surface area contributed by atoms with E-state index < -0.39 is 0 Å². The number of carbonyl (C=O) groups excluding carboxylic acids is 1. The van der Waals surface area contributed by atoms with Gasteiger partial charge in [0.15, 0.2) is 0 Å². The monoisotopic (exact) mass is 321 g/mol. The number of aromatic nitrogens is 2. The fourth-order valence-corrected chi connectivity index (χ4v) is 2.69. The quantitative estimate of drug-likeness (QED) is 0.797. The van der Waals surface area contributed by atoms with Crippen molar-refractivity contribution in [3.05, 3.63) is 28.9 Å². The van der Waals surface area contributed by atoms with Crippen molar-refractivity contribution in [3.63, 3.8) is 0 Å². The van der Waals surface area contributed by atoms with E-state index in [-0.39, 0.29) is 5.97 Å². The fraction of sp³-hybridized carbons (Fsp3) is 0.500. The third-order valence-corrected chi connectivity index (χ3v) is 4.14. The number of fused-ring (bicyclic) bond motifs is 1. The van der Waals surface area contributed by atoms with Crippen LogP contribution in [0.4, 0.5) is 0 Å². The maximum Gasteiger partial charge on any atom is 0.305 e. The second-order valence-corrected chi connectivity index (χ2v) is 6.10. The van der Waals surface area contributed by atoms with Crippen molar-refractivity contribution in [2.45, 2.75) is 44.8 Å². The first-order valence-corrected chi connectivity index (χ1v) is 8.00. The molecular weight excluding hydrogens is 302 g/mol. The Morgan fingerprint density at radius 3 is 3.05 bits per heavy atom. The summed E-state index contributed by atoms with van der Waals surface area (Å²) in [4.78, 5) is 11.2. The van der Waals surface area contributed by atoms with Gasteiger partial charge in [0.1, 0.15) is 0 Å². The molecule has 3 rings (SSSR count). The van der Waals surface area contributed by atoms with E-state index in [0.717, 1.165) is 23.1 Å². The summed E-state index contributed by atoms with van der Waals surface area (Å²) in [5, 5.41) is 9.98. The van der Waals surface area contributed by atoms with Crippen LogP contribution >= 0.6 is 11.6 Å². The molecule has 0 amide bonds. The van der Waals surface area contributed by atoms with Gasteiger partial charge < -0.3 is 10.1 Å². The van der Waals surface area contributed by atoms with Crippen LogP contribution in [0.2, 0.25) is 5.02 Å². The number of nitrogens with one attached hydrogen (secondary N) is 1. The van der Waals surface area contributed by atoms with Crippen LogP contribution in [0.1, 0.15) is 31.4 Å². The molecule has 0 unspecified atom stereocenters. The van der Waals surface area contributed by atoms with Crippen molar-refractivity contribution in [2.75, 3.05) is 7.11 Å². The van der Waals surface area contributed by atoms with E-state index in [2.05, 4.69) is 10.1 Å². The summed E-state index contributed by atoms with van der Waals surface area (Å²) in [6, 6.07) is 6.47. The second kappa shape index (κ2) is 6.67. The Bertz CT molecular complexity index is 679. The molecule has 1 N–H and O–H groups in total. The van der Waals surface area contributed by atoms with Gasteiger partial charge in [-0.1, -0.05) is 11.6 Å². The number of benzene rings is 1. The average molecular weight is 322 g/mol. The van der Waals surface area contributed by atoms with E-state index in [1.807, 2.05) is 22.9 Å². The molecule has 1 fully saturated rings. The van der Waals surface area contributed by atoms with Crippen LogP contribution in [0.5, 0.6) is 0 Å². The highest BCUT2D eigenvalue weighted by Crippen LogP contribution is 2.25. The number of carbonyl (C=O) groups is 1. The van der Waals surface area contributed by atoms with Crippen molar-refractivity contribution in [1.82, 2.24) is 15.1 Å². The van der Waals surface area contributed by atoms with E-state index in [1.165, 1.54) is 20.0 Å². The summed E-state index contributed by atoms with van der Waals surface area (Å²) in [5.74, 6) is -0.185. The summed E-state index contributed by atoms with van der Waals surface area (Å²) in [5.41, 5.74) is 2.07. The van der Waals surface area contributed by atoms with Crippen LogP contribution in [0.3, 0.4) is 0 Å². The van der Waals surface area contributed by atoms with Crippen LogP contribution < -0.4 is 5.32 Å². The van der Waals surface area contributed by atoms with Crippen molar-refractivity contribution in [2.24, 2.45) is 0 Å². The fourth-order valence-electron chi connectivity index (χ4n) is 2.52. The molecule has 1 aromatic heterocycles. The lowest BCUT2D eigenvalue weighted by atomic mass is 10.2. The lowest BCUT2D eigenvalue weighted by molar-refractivity contribution is -0.140. The smallest absolute Gasteiger partial charge is 0.305 e. The predicted octanol–water partition coefficient (Wildman–Crippen LogP) is 2.89. The van der Waals surface area contributed by atoms with Gasteiger partial charge in [-0.15, -0.1) is 0 Å². The van der Waals surface area contributed by atoms with Crippen molar-refractivity contribution in [3.8, 4) is 0 Å². The number of esters is 1. The third-order valence-electron chi connectivity index (χ3n) is 3.90. The zero-order valence-corrected chi connectivity index (χ0v) is 13.4. The summed E-state index contributed by atoms with van der Waals surface area (Å²) in [6.45, 7) is 1.45. The van der Waals surface area contributed by atoms with Crippen molar-refractivity contribution >= 4 is 28.5 Å². The molecule has 1 aromatic carbocycles. The van der Waals surface area contributed by atoms with E-state index in [4.69, 9.17) is 16.7 Å². The summed E-state index contributed by atoms with van der Waals surface area (Å²) in [6.07, 6.45) is 3.61. The molecule has 6 heteroatoms. The van der Waals surface area contributed by atoms with Gasteiger partial charge in [-0.2, -0.15) is 5.10 Å². The van der Waals surface area contributed by atoms with Gasteiger partial charge in [0.05, 0.1) is 18.3 Å². The average Bonchev–Trinajstić information content (AvgIpc) is 3.28. The number of hydrogen-bond acceptors (Lipinski definition) is 4. The maximum atomic E-state index is 11.2. The molecule has 22 heavy (non-hydrogen) atoms. The minimum Gasteiger partial charge on any atom is -0.469 e. The number of methoxy groups -OCH3 is 1. The Hall–Kier alpha value is -1.59. The zero-order chi connectivity index (χ0) is 15.5. The third kappa shape index (κ3) is 3.59. The van der Waals surface area contributed by atoms with Gasteiger partial charge in [0, 0.05) is 36.0 Å². The van der Waals surface area contributed by atoms with E-state index in [0.29, 0.717) is 30.5 Å². The number of rotatable bonds is 7. The summed E-state index contributed by atoms with van der Waals surface area (Å²) < 4.78 is 6.63. The molecule has 0 radical (unpaired) electrons. The SMILES string of the molecule is COC(=O)CCCn1nc(CNC2CC2)c2cc(Cl)ccc21. The van der Waals surface area contributed by atoms with Gasteiger partial charge >= 0.3 is 5.97 Å². The number of hydrogen-bond donors (Lipinski definition) is 1. The Balaban J connectivity index is 1.77.